The van der Waals surface area contributed by atoms with Crippen LogP contribution >= 0.6 is 11.8 Å². The monoisotopic (exact) mass is 173 g/mol. The normalized spacial score (nSPS) is 12.8. The zero-order valence-electron chi connectivity index (χ0n) is 7.08. The minimum absolute atomic E-state index is 0.215. The Morgan fingerprint density at radius 2 is 2.36 bits per heavy atom. The van der Waals surface area contributed by atoms with Gasteiger partial charge in [-0.25, -0.2) is 0 Å². The van der Waals surface area contributed by atoms with Crippen LogP contribution in [0.2, 0.25) is 0 Å². The van der Waals surface area contributed by atoms with Gasteiger partial charge < -0.3 is 5.11 Å². The summed E-state index contributed by atoms with van der Waals surface area (Å²) in [6, 6.07) is 0. The van der Waals surface area contributed by atoms with Crippen molar-refractivity contribution in [3.63, 3.8) is 0 Å². The van der Waals surface area contributed by atoms with E-state index in [2.05, 4.69) is 4.99 Å². The molecule has 1 N–H and O–H groups in total. The van der Waals surface area contributed by atoms with E-state index in [1.54, 1.807) is 11.8 Å². The number of rotatable bonds is 5. The third kappa shape index (κ3) is 6.13. The van der Waals surface area contributed by atoms with Crippen molar-refractivity contribution in [2.24, 2.45) is 4.99 Å². The average Bonchev–Trinajstić information content (AvgIpc) is 2.03. The molecule has 0 amide bonds. The number of aliphatic hydroxyl groups is 1. The Kier molecular flexibility index (Phi) is 7.62. The van der Waals surface area contributed by atoms with Gasteiger partial charge in [-0.15, -0.1) is 0 Å². The summed E-state index contributed by atoms with van der Waals surface area (Å²) in [5.41, 5.74) is 1.82. The molecule has 0 aromatic rings. The summed E-state index contributed by atoms with van der Waals surface area (Å²) >= 11 is 1.58. The van der Waals surface area contributed by atoms with Crippen LogP contribution in [0.4, 0.5) is 0 Å². The largest absolute Gasteiger partial charge is 0.396 e. The molecule has 11 heavy (non-hydrogen) atoms. The lowest BCUT2D eigenvalue weighted by molar-refractivity contribution is 0.301. The summed E-state index contributed by atoms with van der Waals surface area (Å²) in [5, 5.41) is 8.63. The summed E-state index contributed by atoms with van der Waals surface area (Å²) < 4.78 is 0. The summed E-state index contributed by atoms with van der Waals surface area (Å²) in [4.78, 5) is 5.23. The van der Waals surface area contributed by atoms with Crippen molar-refractivity contribution in [2.75, 3.05) is 13.2 Å². The highest BCUT2D eigenvalue weighted by atomic mass is 32.2. The van der Waals surface area contributed by atoms with Crippen molar-refractivity contribution in [3.05, 3.63) is 11.0 Å². The minimum Gasteiger partial charge on any atom is -0.396 e. The molecule has 0 aliphatic rings. The van der Waals surface area contributed by atoms with E-state index in [-0.39, 0.29) is 6.61 Å². The quantitative estimate of drug-likeness (QED) is 0.510. The van der Waals surface area contributed by atoms with E-state index in [0.717, 1.165) is 13.0 Å². The first-order valence-corrected chi connectivity index (χ1v) is 4.64. The van der Waals surface area contributed by atoms with Crippen molar-refractivity contribution in [3.8, 4) is 0 Å². The van der Waals surface area contributed by atoms with Crippen LogP contribution in [0.25, 0.3) is 0 Å². The standard InChI is InChI=1S/C8H15NOS/c1-3-8(5-6-10)11-7-9-4-2/h3,7,10H,4-6H2,1-2H3/b8-3+,9-7?. The Labute approximate surface area is 72.4 Å². The van der Waals surface area contributed by atoms with Crippen LogP contribution < -0.4 is 0 Å². The van der Waals surface area contributed by atoms with Gasteiger partial charge in [0.05, 0.1) is 5.55 Å². The van der Waals surface area contributed by atoms with Gasteiger partial charge in [0.25, 0.3) is 0 Å². The molecule has 0 aliphatic carbocycles. The Morgan fingerprint density at radius 1 is 1.64 bits per heavy atom. The SMILES string of the molecule is C/C=C(\CCO)SC=NCC. The molecule has 0 atom stereocenters. The smallest absolute Gasteiger partial charge is 0.0585 e. The molecule has 0 radical (unpaired) electrons. The van der Waals surface area contributed by atoms with Gasteiger partial charge in [-0.1, -0.05) is 17.8 Å². The van der Waals surface area contributed by atoms with E-state index >= 15 is 0 Å². The lowest BCUT2D eigenvalue weighted by Gasteiger charge is -1.97. The molecule has 0 bridgehead atoms. The summed E-state index contributed by atoms with van der Waals surface area (Å²) in [5.74, 6) is 0. The summed E-state index contributed by atoms with van der Waals surface area (Å²) in [7, 11) is 0. The highest BCUT2D eigenvalue weighted by Crippen LogP contribution is 2.15. The number of nitrogens with zero attached hydrogens (tertiary/aromatic N) is 1. The molecule has 0 unspecified atom stereocenters. The second-order valence-electron chi connectivity index (χ2n) is 1.95. The predicted molar refractivity (Wildman–Crippen MR) is 52.1 cm³/mol. The molecular weight excluding hydrogens is 158 g/mol. The van der Waals surface area contributed by atoms with E-state index in [4.69, 9.17) is 5.11 Å². The topological polar surface area (TPSA) is 32.6 Å². The number of aliphatic imine (C=N–C) groups is 1. The van der Waals surface area contributed by atoms with Gasteiger partial charge in [-0.3, -0.25) is 4.99 Å². The Balaban J connectivity index is 3.61. The lowest BCUT2D eigenvalue weighted by atomic mass is 10.4. The lowest BCUT2D eigenvalue weighted by Crippen LogP contribution is -1.84. The van der Waals surface area contributed by atoms with E-state index < -0.39 is 0 Å². The third-order valence-electron chi connectivity index (χ3n) is 1.14. The molecule has 0 spiro atoms. The highest BCUT2D eigenvalue weighted by Gasteiger charge is 1.91. The van der Waals surface area contributed by atoms with Crippen LogP contribution in [0.15, 0.2) is 16.0 Å². The molecule has 0 fully saturated rings. The fourth-order valence-electron chi connectivity index (χ4n) is 0.561. The first kappa shape index (κ1) is 10.7. The van der Waals surface area contributed by atoms with Gasteiger partial charge in [0, 0.05) is 19.6 Å². The molecule has 0 rings (SSSR count). The van der Waals surface area contributed by atoms with E-state index in [1.807, 2.05) is 25.5 Å². The van der Waals surface area contributed by atoms with Crippen LogP contribution in [0.1, 0.15) is 20.3 Å². The van der Waals surface area contributed by atoms with Crippen molar-refractivity contribution in [1.29, 1.82) is 0 Å². The van der Waals surface area contributed by atoms with Crippen LogP contribution in [0.3, 0.4) is 0 Å². The van der Waals surface area contributed by atoms with Crippen LogP contribution in [-0.4, -0.2) is 23.8 Å². The first-order valence-electron chi connectivity index (χ1n) is 3.76. The molecule has 0 heterocycles. The zero-order chi connectivity index (χ0) is 8.53. The number of aliphatic hydroxyl groups excluding tert-OH is 1. The van der Waals surface area contributed by atoms with E-state index in [9.17, 15) is 0 Å². The molecule has 64 valence electrons. The van der Waals surface area contributed by atoms with Gasteiger partial charge in [0.1, 0.15) is 0 Å². The number of hydrogen-bond acceptors (Lipinski definition) is 3. The van der Waals surface area contributed by atoms with Gasteiger partial charge in [-0.2, -0.15) is 0 Å². The van der Waals surface area contributed by atoms with E-state index in [0.29, 0.717) is 0 Å². The van der Waals surface area contributed by atoms with Gasteiger partial charge in [0.2, 0.25) is 0 Å². The fourth-order valence-corrected chi connectivity index (χ4v) is 1.27. The second-order valence-corrected chi connectivity index (χ2v) is 2.92. The summed E-state index contributed by atoms with van der Waals surface area (Å²) in [6.07, 6.45) is 2.74. The van der Waals surface area contributed by atoms with Crippen LogP contribution in [0.5, 0.6) is 0 Å². The molecule has 0 aromatic heterocycles. The molecule has 0 aromatic carbocycles. The number of hydrogen-bond donors (Lipinski definition) is 1. The van der Waals surface area contributed by atoms with E-state index in [1.165, 1.54) is 4.91 Å². The minimum atomic E-state index is 0.215. The number of thioether (sulfide) groups is 1. The Morgan fingerprint density at radius 3 is 2.82 bits per heavy atom. The highest BCUT2D eigenvalue weighted by molar-refractivity contribution is 8.15. The Bertz CT molecular complexity index is 143. The first-order chi connectivity index (χ1) is 5.35. The molecule has 2 nitrogen and oxygen atoms in total. The predicted octanol–water partition coefficient (Wildman–Crippen LogP) is 2.05. The molecule has 0 saturated carbocycles. The van der Waals surface area contributed by atoms with Crippen LogP contribution in [0, 0.1) is 0 Å². The molecule has 0 saturated heterocycles. The van der Waals surface area contributed by atoms with Crippen molar-refractivity contribution >= 4 is 17.3 Å². The van der Waals surface area contributed by atoms with Gasteiger partial charge >= 0.3 is 0 Å². The maximum Gasteiger partial charge on any atom is 0.0585 e. The molecule has 3 heteroatoms. The number of allylic oxidation sites excluding steroid dienone is 1. The van der Waals surface area contributed by atoms with Crippen molar-refractivity contribution < 1.29 is 5.11 Å². The Hall–Kier alpha value is -0.280. The van der Waals surface area contributed by atoms with Gasteiger partial charge in [-0.05, 0) is 18.8 Å². The van der Waals surface area contributed by atoms with Crippen molar-refractivity contribution in [2.45, 2.75) is 20.3 Å². The van der Waals surface area contributed by atoms with Crippen molar-refractivity contribution in [1.82, 2.24) is 0 Å². The van der Waals surface area contributed by atoms with Gasteiger partial charge in [0.15, 0.2) is 0 Å². The summed E-state index contributed by atoms with van der Waals surface area (Å²) in [6.45, 7) is 5.01. The maximum absolute atomic E-state index is 8.63. The zero-order valence-corrected chi connectivity index (χ0v) is 7.90. The second kappa shape index (κ2) is 7.82. The average molecular weight is 173 g/mol. The fraction of sp³-hybridized carbons (Fsp3) is 0.625. The molecule has 0 aliphatic heterocycles. The maximum atomic E-state index is 8.63. The van der Waals surface area contributed by atoms with Crippen LogP contribution in [-0.2, 0) is 0 Å². The third-order valence-corrected chi connectivity index (χ3v) is 2.14. The molecular formula is C8H15NOS.